The molecule has 0 saturated heterocycles. The first kappa shape index (κ1) is 29.5. The summed E-state index contributed by atoms with van der Waals surface area (Å²) in [6, 6.07) is 70.4. The van der Waals surface area contributed by atoms with E-state index in [2.05, 4.69) is 204 Å². The summed E-state index contributed by atoms with van der Waals surface area (Å²) < 4.78 is 5.01. The molecule has 0 bridgehead atoms. The monoisotopic (exact) mass is 668 g/mol. The van der Waals surface area contributed by atoms with Gasteiger partial charge in [-0.2, -0.15) is 0 Å². The molecule has 0 radical (unpaired) electrons. The minimum atomic E-state index is 1.11. The van der Waals surface area contributed by atoms with E-state index in [1.54, 1.807) is 0 Å². The summed E-state index contributed by atoms with van der Waals surface area (Å²) in [6.45, 7) is 0. The van der Waals surface area contributed by atoms with Gasteiger partial charge in [0.1, 0.15) is 0 Å². The van der Waals surface area contributed by atoms with Crippen LogP contribution in [0, 0.1) is 0 Å². The van der Waals surface area contributed by atoms with Crippen LogP contribution >= 0.6 is 11.3 Å². The van der Waals surface area contributed by atoms with Crippen molar-refractivity contribution in [2.75, 3.05) is 4.90 Å². The van der Waals surface area contributed by atoms with E-state index in [1.807, 2.05) is 11.3 Å². The molecule has 2 aromatic heterocycles. The Kier molecular flexibility index (Phi) is 7.04. The van der Waals surface area contributed by atoms with Gasteiger partial charge in [-0.25, -0.2) is 0 Å². The molecule has 10 aromatic rings. The molecule has 0 aliphatic carbocycles. The fourth-order valence-corrected chi connectivity index (χ4v) is 8.91. The Labute approximate surface area is 300 Å². The molecular weight excluding hydrogens is 637 g/mol. The maximum absolute atomic E-state index is 2.48. The van der Waals surface area contributed by atoms with E-state index in [1.165, 1.54) is 58.7 Å². The molecule has 0 unspecified atom stereocenters. The molecule has 0 saturated carbocycles. The van der Waals surface area contributed by atoms with Crippen LogP contribution in [0.15, 0.2) is 194 Å². The van der Waals surface area contributed by atoms with E-state index >= 15 is 0 Å². The summed E-state index contributed by atoms with van der Waals surface area (Å²) >= 11 is 1.86. The number of hydrogen-bond acceptors (Lipinski definition) is 2. The number of para-hydroxylation sites is 4. The molecule has 0 N–H and O–H groups in total. The molecular formula is C48H32N2S. The number of aromatic nitrogens is 1. The van der Waals surface area contributed by atoms with Crippen LogP contribution < -0.4 is 4.90 Å². The third kappa shape index (κ3) is 4.85. The maximum atomic E-state index is 2.48. The van der Waals surface area contributed by atoms with Crippen LogP contribution in [0.3, 0.4) is 0 Å². The second-order valence-corrected chi connectivity index (χ2v) is 14.0. The zero-order chi connectivity index (χ0) is 33.7. The van der Waals surface area contributed by atoms with Crippen molar-refractivity contribution in [3.05, 3.63) is 194 Å². The van der Waals surface area contributed by atoms with Crippen LogP contribution in [-0.4, -0.2) is 4.57 Å². The van der Waals surface area contributed by atoms with E-state index in [9.17, 15) is 0 Å². The first-order valence-electron chi connectivity index (χ1n) is 17.4. The van der Waals surface area contributed by atoms with Gasteiger partial charge < -0.3 is 9.47 Å². The number of nitrogens with zero attached hydrogens (tertiary/aromatic N) is 2. The zero-order valence-electron chi connectivity index (χ0n) is 27.8. The molecule has 0 fully saturated rings. The van der Waals surface area contributed by atoms with Crippen molar-refractivity contribution >= 4 is 70.4 Å². The first-order chi connectivity index (χ1) is 25.3. The molecule has 51 heavy (non-hydrogen) atoms. The highest BCUT2D eigenvalue weighted by Crippen LogP contribution is 2.48. The summed E-state index contributed by atoms with van der Waals surface area (Å²) in [6.07, 6.45) is 0. The summed E-state index contributed by atoms with van der Waals surface area (Å²) in [5, 5.41) is 5.06. The van der Waals surface area contributed by atoms with Crippen LogP contribution in [0.1, 0.15) is 0 Å². The van der Waals surface area contributed by atoms with Crippen molar-refractivity contribution in [1.29, 1.82) is 0 Å². The Morgan fingerprint density at radius 2 is 0.961 bits per heavy atom. The molecule has 0 atom stereocenters. The highest BCUT2D eigenvalue weighted by molar-refractivity contribution is 7.26. The van der Waals surface area contributed by atoms with Crippen LogP contribution in [0.5, 0.6) is 0 Å². The van der Waals surface area contributed by atoms with Crippen LogP contribution in [0.4, 0.5) is 17.1 Å². The minimum absolute atomic E-state index is 1.11. The zero-order valence-corrected chi connectivity index (χ0v) is 28.6. The van der Waals surface area contributed by atoms with Crippen LogP contribution in [-0.2, 0) is 0 Å². The van der Waals surface area contributed by atoms with E-state index in [0.29, 0.717) is 0 Å². The topological polar surface area (TPSA) is 8.17 Å². The van der Waals surface area contributed by atoms with Gasteiger partial charge in [0.05, 0.1) is 28.1 Å². The first-order valence-corrected chi connectivity index (χ1v) is 18.2. The van der Waals surface area contributed by atoms with Gasteiger partial charge in [-0.15, -0.1) is 11.3 Å². The third-order valence-corrected chi connectivity index (χ3v) is 11.1. The average Bonchev–Trinajstić information content (AvgIpc) is 3.75. The Bertz CT molecular complexity index is 2830. The number of benzene rings is 8. The number of thiophene rings is 1. The fraction of sp³-hybridized carbons (Fsp3) is 0. The fourth-order valence-electron chi connectivity index (χ4n) is 7.78. The average molecular weight is 669 g/mol. The van der Waals surface area contributed by atoms with Crippen molar-refractivity contribution in [2.24, 2.45) is 0 Å². The summed E-state index contributed by atoms with van der Waals surface area (Å²) in [7, 11) is 0. The molecule has 2 nitrogen and oxygen atoms in total. The lowest BCUT2D eigenvalue weighted by molar-refractivity contribution is 1.18. The lowest BCUT2D eigenvalue weighted by Crippen LogP contribution is -2.12. The lowest BCUT2D eigenvalue weighted by atomic mass is 9.98. The third-order valence-electron chi connectivity index (χ3n) is 9.99. The maximum Gasteiger partial charge on any atom is 0.0555 e. The Balaban J connectivity index is 1.26. The quantitative estimate of drug-likeness (QED) is 0.171. The predicted molar refractivity (Wildman–Crippen MR) is 219 cm³/mol. The van der Waals surface area contributed by atoms with Gasteiger partial charge in [0.15, 0.2) is 0 Å². The molecule has 3 heteroatoms. The van der Waals surface area contributed by atoms with Gasteiger partial charge in [0, 0.05) is 47.8 Å². The van der Waals surface area contributed by atoms with Gasteiger partial charge in [-0.1, -0.05) is 140 Å². The molecule has 0 amide bonds. The van der Waals surface area contributed by atoms with Crippen molar-refractivity contribution in [3.8, 4) is 27.9 Å². The Morgan fingerprint density at radius 1 is 0.392 bits per heavy atom. The SMILES string of the molecule is c1ccc(-c2cccc(N(c3ccccc3-c3ccccc3-n3c4ccccc4c4ccccc43)c3cccc4sc5ccccc5c34)c2)cc1. The smallest absolute Gasteiger partial charge is 0.0555 e. The second kappa shape index (κ2) is 12.2. The van der Waals surface area contributed by atoms with Crippen molar-refractivity contribution in [1.82, 2.24) is 4.57 Å². The predicted octanol–water partition coefficient (Wildman–Crippen LogP) is 14.0. The standard InChI is InChI=1S/C48H32N2S/c1-2-16-33(17-3-1)34-18-14-19-35(32-34)49(45-29-15-31-47-48(45)40-24-8-13-30-46(40)51-47)41-25-9-4-20-36(41)37-21-5-10-26-42(37)50-43-27-11-6-22-38(43)39-23-7-12-28-44(39)50/h1-32H. The number of fused-ring (bicyclic) bond motifs is 6. The highest BCUT2D eigenvalue weighted by Gasteiger charge is 2.23. The molecule has 2 heterocycles. The number of anilines is 3. The minimum Gasteiger partial charge on any atom is -0.309 e. The molecule has 0 aliphatic rings. The molecule has 0 spiro atoms. The van der Waals surface area contributed by atoms with E-state index < -0.39 is 0 Å². The van der Waals surface area contributed by atoms with E-state index in [-0.39, 0.29) is 0 Å². The molecule has 10 rings (SSSR count). The van der Waals surface area contributed by atoms with Gasteiger partial charge in [0.25, 0.3) is 0 Å². The van der Waals surface area contributed by atoms with Gasteiger partial charge in [0.2, 0.25) is 0 Å². The van der Waals surface area contributed by atoms with Crippen molar-refractivity contribution in [3.63, 3.8) is 0 Å². The second-order valence-electron chi connectivity index (χ2n) is 12.9. The Morgan fingerprint density at radius 3 is 1.76 bits per heavy atom. The summed E-state index contributed by atoms with van der Waals surface area (Å²) in [5.41, 5.74) is 11.7. The largest absolute Gasteiger partial charge is 0.309 e. The Hall–Kier alpha value is -6.42. The molecule has 0 aliphatic heterocycles. The van der Waals surface area contributed by atoms with E-state index in [4.69, 9.17) is 0 Å². The van der Waals surface area contributed by atoms with Crippen LogP contribution in [0.25, 0.3) is 69.9 Å². The van der Waals surface area contributed by atoms with E-state index in [0.717, 1.165) is 28.3 Å². The molecule has 240 valence electrons. The van der Waals surface area contributed by atoms with Crippen molar-refractivity contribution in [2.45, 2.75) is 0 Å². The van der Waals surface area contributed by atoms with Crippen LogP contribution in [0.2, 0.25) is 0 Å². The normalized spacial score (nSPS) is 11.5. The van der Waals surface area contributed by atoms with Crippen molar-refractivity contribution < 1.29 is 0 Å². The summed E-state index contributed by atoms with van der Waals surface area (Å²) in [5.74, 6) is 0. The highest BCUT2D eigenvalue weighted by atomic mass is 32.1. The van der Waals surface area contributed by atoms with Gasteiger partial charge in [-0.05, 0) is 65.7 Å². The lowest BCUT2D eigenvalue weighted by Gasteiger charge is -2.29. The number of rotatable bonds is 6. The molecule has 8 aromatic carbocycles. The number of hydrogen-bond donors (Lipinski definition) is 0. The van der Waals surface area contributed by atoms with Gasteiger partial charge >= 0.3 is 0 Å². The van der Waals surface area contributed by atoms with Gasteiger partial charge in [-0.3, -0.25) is 0 Å². The summed E-state index contributed by atoms with van der Waals surface area (Å²) in [4.78, 5) is 2.48.